The first kappa shape index (κ1) is 19.5. The molecule has 0 unspecified atom stereocenters. The second kappa shape index (κ2) is 8.18. The minimum absolute atomic E-state index is 0.0920. The van der Waals surface area contributed by atoms with Crippen molar-refractivity contribution in [1.29, 1.82) is 0 Å². The summed E-state index contributed by atoms with van der Waals surface area (Å²) in [5.74, 6) is -2.10. The molecule has 0 aliphatic carbocycles. The Balaban J connectivity index is 1.61. The predicted octanol–water partition coefficient (Wildman–Crippen LogP) is 2.56. The molecule has 3 rings (SSSR count). The monoisotopic (exact) mass is 398 g/mol. The van der Waals surface area contributed by atoms with Gasteiger partial charge in [-0.25, -0.2) is 4.79 Å². The molecule has 0 saturated heterocycles. The number of carbonyl (C=O) groups excluding carboxylic acids is 4. The number of ether oxygens (including phenoxy) is 1. The third-order valence-electron chi connectivity index (χ3n) is 4.20. The number of esters is 1. The van der Waals surface area contributed by atoms with E-state index in [9.17, 15) is 19.2 Å². The number of rotatable bonds is 7. The molecule has 1 aromatic carbocycles. The van der Waals surface area contributed by atoms with Crippen molar-refractivity contribution < 1.29 is 23.9 Å². The van der Waals surface area contributed by atoms with Crippen LogP contribution >= 0.6 is 11.3 Å². The smallest absolute Gasteiger partial charge is 0.338 e. The van der Waals surface area contributed by atoms with Crippen LogP contribution in [0.3, 0.4) is 0 Å². The van der Waals surface area contributed by atoms with Crippen molar-refractivity contribution in [3.05, 3.63) is 69.9 Å². The topological polar surface area (TPSA) is 92.8 Å². The first-order valence-electron chi connectivity index (χ1n) is 8.53. The fraction of sp³-hybridized carbons (Fsp3) is 0.200. The van der Waals surface area contributed by atoms with Gasteiger partial charge in [0, 0.05) is 11.4 Å². The lowest BCUT2D eigenvalue weighted by molar-refractivity contribution is -0.124. The Kier molecular flexibility index (Phi) is 5.70. The molecule has 3 amide bonds. The van der Waals surface area contributed by atoms with Crippen LogP contribution in [0, 0.1) is 0 Å². The summed E-state index contributed by atoms with van der Waals surface area (Å²) in [4.78, 5) is 50.8. The molecule has 1 aromatic heterocycles. The number of fused-ring (bicyclic) bond motifs is 1. The lowest BCUT2D eigenvalue weighted by Gasteiger charge is -2.12. The van der Waals surface area contributed by atoms with Crippen LogP contribution in [0.15, 0.2) is 48.4 Å². The highest BCUT2D eigenvalue weighted by atomic mass is 32.1. The Morgan fingerprint density at radius 1 is 1.25 bits per heavy atom. The number of thiophene rings is 1. The molecule has 7 nitrogen and oxygen atoms in total. The van der Waals surface area contributed by atoms with E-state index in [0.29, 0.717) is 0 Å². The number of hydrogen-bond acceptors (Lipinski definition) is 6. The first-order chi connectivity index (χ1) is 13.4. The number of amides is 3. The average molecular weight is 398 g/mol. The highest BCUT2D eigenvalue weighted by molar-refractivity contribution is 7.10. The maximum atomic E-state index is 12.3. The van der Waals surface area contributed by atoms with Gasteiger partial charge in [0.25, 0.3) is 17.7 Å². The fourth-order valence-electron chi connectivity index (χ4n) is 2.82. The van der Waals surface area contributed by atoms with Crippen LogP contribution in [0.25, 0.3) is 0 Å². The molecule has 1 atom stereocenters. The van der Waals surface area contributed by atoms with E-state index in [2.05, 4.69) is 11.9 Å². The highest BCUT2D eigenvalue weighted by Gasteiger charge is 2.35. The molecule has 1 N–H and O–H groups in total. The summed E-state index contributed by atoms with van der Waals surface area (Å²) >= 11 is 1.52. The fourth-order valence-corrected chi connectivity index (χ4v) is 3.55. The van der Waals surface area contributed by atoms with Gasteiger partial charge >= 0.3 is 5.97 Å². The molecule has 0 spiro atoms. The number of hydrogen-bond donors (Lipinski definition) is 1. The van der Waals surface area contributed by atoms with Crippen LogP contribution in [0.5, 0.6) is 0 Å². The van der Waals surface area contributed by atoms with E-state index in [1.54, 1.807) is 0 Å². The molecule has 8 heteroatoms. The van der Waals surface area contributed by atoms with Gasteiger partial charge in [0.2, 0.25) is 0 Å². The number of benzene rings is 1. The van der Waals surface area contributed by atoms with Gasteiger partial charge in [-0.2, -0.15) is 0 Å². The Hall–Kier alpha value is -3.26. The molecule has 0 fully saturated rings. The Labute approximate surface area is 165 Å². The lowest BCUT2D eigenvalue weighted by atomic mass is 10.1. The minimum Gasteiger partial charge on any atom is -0.452 e. The number of nitrogens with zero attached hydrogens (tertiary/aromatic N) is 1. The normalized spacial score (nSPS) is 13.8. The third-order valence-corrected chi connectivity index (χ3v) is 5.25. The number of carbonyl (C=O) groups is 4. The molecule has 2 heterocycles. The van der Waals surface area contributed by atoms with Gasteiger partial charge in [0.05, 0.1) is 22.7 Å². The standard InChI is InChI=1S/C20H18N2O5S/c1-3-8-22-18(24)14-7-6-13(10-15(14)19(22)25)20(26)27-11-17(23)21-12(2)16-5-4-9-28-16/h3-7,9-10,12H,1,8,11H2,2H3,(H,21,23)/t12-/m1/s1. The van der Waals surface area contributed by atoms with E-state index in [4.69, 9.17) is 4.74 Å². The summed E-state index contributed by atoms with van der Waals surface area (Å²) in [6, 6.07) is 7.72. The lowest BCUT2D eigenvalue weighted by Crippen LogP contribution is -2.30. The zero-order valence-electron chi connectivity index (χ0n) is 15.1. The Morgan fingerprint density at radius 3 is 2.68 bits per heavy atom. The summed E-state index contributed by atoms with van der Waals surface area (Å²) < 4.78 is 5.03. The summed E-state index contributed by atoms with van der Waals surface area (Å²) in [6.45, 7) is 5.01. The molecule has 144 valence electrons. The van der Waals surface area contributed by atoms with Gasteiger partial charge in [-0.05, 0) is 36.6 Å². The van der Waals surface area contributed by atoms with Gasteiger partial charge in [0.1, 0.15) is 0 Å². The Bertz CT molecular complexity index is 952. The van der Waals surface area contributed by atoms with Crippen molar-refractivity contribution in [2.75, 3.05) is 13.2 Å². The van der Waals surface area contributed by atoms with Gasteiger partial charge in [-0.1, -0.05) is 12.1 Å². The number of nitrogens with one attached hydrogen (secondary N) is 1. The van der Waals surface area contributed by atoms with Gasteiger partial charge in [-0.15, -0.1) is 17.9 Å². The first-order valence-corrected chi connectivity index (χ1v) is 9.41. The van der Waals surface area contributed by atoms with Crippen molar-refractivity contribution in [3.63, 3.8) is 0 Å². The van der Waals surface area contributed by atoms with E-state index in [0.717, 1.165) is 9.78 Å². The molecular weight excluding hydrogens is 380 g/mol. The van der Waals surface area contributed by atoms with E-state index in [1.807, 2.05) is 24.4 Å². The van der Waals surface area contributed by atoms with Crippen molar-refractivity contribution in [2.45, 2.75) is 13.0 Å². The number of imide groups is 1. The van der Waals surface area contributed by atoms with E-state index in [-0.39, 0.29) is 29.3 Å². The van der Waals surface area contributed by atoms with Crippen molar-refractivity contribution in [3.8, 4) is 0 Å². The average Bonchev–Trinajstić information content (AvgIpc) is 3.30. The van der Waals surface area contributed by atoms with Crippen LogP contribution in [0.2, 0.25) is 0 Å². The summed E-state index contributed by atoms with van der Waals surface area (Å²) in [6.07, 6.45) is 1.45. The van der Waals surface area contributed by atoms with Crippen LogP contribution in [-0.4, -0.2) is 41.7 Å². The van der Waals surface area contributed by atoms with E-state index in [1.165, 1.54) is 35.6 Å². The quantitative estimate of drug-likeness (QED) is 0.440. The molecule has 0 saturated carbocycles. The predicted molar refractivity (Wildman–Crippen MR) is 103 cm³/mol. The molecule has 2 aromatic rings. The SMILES string of the molecule is C=CCN1C(=O)c2ccc(C(=O)OCC(=O)N[C@H](C)c3cccs3)cc2C1=O. The minimum atomic E-state index is -0.746. The largest absolute Gasteiger partial charge is 0.452 e. The van der Waals surface area contributed by atoms with E-state index >= 15 is 0 Å². The summed E-state index contributed by atoms with van der Waals surface area (Å²) in [7, 11) is 0. The zero-order chi connectivity index (χ0) is 20.3. The van der Waals surface area contributed by atoms with Gasteiger partial charge in [-0.3, -0.25) is 19.3 Å². The second-order valence-electron chi connectivity index (χ2n) is 6.15. The van der Waals surface area contributed by atoms with Crippen LogP contribution in [0.4, 0.5) is 0 Å². The maximum absolute atomic E-state index is 12.3. The molecule has 1 aliphatic heterocycles. The second-order valence-corrected chi connectivity index (χ2v) is 7.13. The molecule has 28 heavy (non-hydrogen) atoms. The molecule has 0 bridgehead atoms. The maximum Gasteiger partial charge on any atom is 0.338 e. The summed E-state index contributed by atoms with van der Waals surface area (Å²) in [5, 5.41) is 4.65. The van der Waals surface area contributed by atoms with Gasteiger partial charge < -0.3 is 10.1 Å². The van der Waals surface area contributed by atoms with Gasteiger partial charge in [0.15, 0.2) is 6.61 Å². The van der Waals surface area contributed by atoms with E-state index < -0.39 is 30.3 Å². The molecule has 0 radical (unpaired) electrons. The molecular formula is C20H18N2O5S. The van der Waals surface area contributed by atoms with Crippen molar-refractivity contribution in [1.82, 2.24) is 10.2 Å². The van der Waals surface area contributed by atoms with Crippen molar-refractivity contribution in [2.24, 2.45) is 0 Å². The Morgan fingerprint density at radius 2 is 2.00 bits per heavy atom. The van der Waals surface area contributed by atoms with Crippen LogP contribution < -0.4 is 5.32 Å². The zero-order valence-corrected chi connectivity index (χ0v) is 16.0. The molecule has 1 aliphatic rings. The summed E-state index contributed by atoms with van der Waals surface area (Å²) in [5.41, 5.74) is 0.461. The van der Waals surface area contributed by atoms with Crippen molar-refractivity contribution >= 4 is 35.0 Å². The van der Waals surface area contributed by atoms with Crippen LogP contribution in [0.1, 0.15) is 48.9 Å². The highest BCUT2D eigenvalue weighted by Crippen LogP contribution is 2.24. The third kappa shape index (κ3) is 3.86. The van der Waals surface area contributed by atoms with Crippen LogP contribution in [-0.2, 0) is 9.53 Å².